The fraction of sp³-hybridized carbons (Fsp3) is 0.333. The monoisotopic (exact) mass is 300 g/mol. The summed E-state index contributed by atoms with van der Waals surface area (Å²) in [7, 11) is 0. The second-order valence-corrected chi connectivity index (χ2v) is 4.49. The Morgan fingerprint density at radius 3 is 2.55 bits per heavy atom. The molecule has 2 N–H and O–H groups in total. The Kier molecular flexibility index (Phi) is 5.00. The quantitative estimate of drug-likeness (QED) is 0.789. The number of rotatable bonds is 3. The molecule has 0 aliphatic rings. The molecule has 2 heterocycles. The van der Waals surface area contributed by atoms with E-state index in [0.717, 1.165) is 5.56 Å². The third-order valence-electron chi connectivity index (χ3n) is 3.30. The lowest BCUT2D eigenvalue weighted by atomic mass is 10.1. The van der Waals surface area contributed by atoms with Crippen LogP contribution in [0.4, 0.5) is 0 Å². The summed E-state index contributed by atoms with van der Waals surface area (Å²) in [6, 6.07) is 9.46. The summed E-state index contributed by atoms with van der Waals surface area (Å²) in [5, 5.41) is 8.05. The third-order valence-corrected chi connectivity index (χ3v) is 3.30. The van der Waals surface area contributed by atoms with Gasteiger partial charge in [0, 0.05) is 6.54 Å². The van der Waals surface area contributed by atoms with Gasteiger partial charge in [0.25, 0.3) is 0 Å². The standard InChI is InChI=1S/C13H14N6O.C2H6/c1-9(10-5-3-2-4-6-10)19-13(20)18-8-15-11(7-14)12(18)16-17-19;1-2/h2-6,8-9H,7,14H2,1H3;1-2H3. The number of hydrogen-bond acceptors (Lipinski definition) is 5. The number of hydrogen-bond donors (Lipinski definition) is 1. The first-order valence-electron chi connectivity index (χ1n) is 7.29. The topological polar surface area (TPSA) is 91.1 Å². The van der Waals surface area contributed by atoms with E-state index in [9.17, 15) is 4.79 Å². The zero-order valence-electron chi connectivity index (χ0n) is 13.0. The van der Waals surface area contributed by atoms with Gasteiger partial charge in [0.1, 0.15) is 12.0 Å². The van der Waals surface area contributed by atoms with Gasteiger partial charge in [-0.25, -0.2) is 14.2 Å². The van der Waals surface area contributed by atoms with Crippen molar-refractivity contribution in [3.63, 3.8) is 0 Å². The Morgan fingerprint density at radius 2 is 1.91 bits per heavy atom. The number of fused-ring (bicyclic) bond motifs is 1. The Bertz CT molecular complexity index is 793. The maximum atomic E-state index is 12.4. The Morgan fingerprint density at radius 1 is 1.23 bits per heavy atom. The average Bonchev–Trinajstić information content (AvgIpc) is 3.01. The molecular weight excluding hydrogens is 280 g/mol. The lowest BCUT2D eigenvalue weighted by Gasteiger charge is -2.13. The van der Waals surface area contributed by atoms with Crippen molar-refractivity contribution in [3.05, 3.63) is 58.4 Å². The highest BCUT2D eigenvalue weighted by Crippen LogP contribution is 2.14. The normalized spacial score (nSPS) is 11.8. The lowest BCUT2D eigenvalue weighted by molar-refractivity contribution is 0.480. The molecule has 0 saturated carbocycles. The van der Waals surface area contributed by atoms with Crippen LogP contribution < -0.4 is 11.4 Å². The van der Waals surface area contributed by atoms with Crippen molar-refractivity contribution in [2.24, 2.45) is 5.73 Å². The zero-order valence-corrected chi connectivity index (χ0v) is 13.0. The smallest absolute Gasteiger partial charge is 0.325 e. The molecule has 1 aromatic carbocycles. The predicted octanol–water partition coefficient (Wildman–Crippen LogP) is 1.38. The van der Waals surface area contributed by atoms with Crippen molar-refractivity contribution in [2.75, 3.05) is 0 Å². The summed E-state index contributed by atoms with van der Waals surface area (Å²) in [6.07, 6.45) is 1.43. The van der Waals surface area contributed by atoms with E-state index in [1.165, 1.54) is 15.4 Å². The summed E-state index contributed by atoms with van der Waals surface area (Å²) in [5.41, 5.74) is 7.23. The van der Waals surface area contributed by atoms with Gasteiger partial charge in [-0.2, -0.15) is 4.68 Å². The fourth-order valence-electron chi connectivity index (χ4n) is 2.12. The van der Waals surface area contributed by atoms with E-state index in [2.05, 4.69) is 15.3 Å². The largest absolute Gasteiger partial charge is 0.353 e. The molecule has 2 aromatic heterocycles. The first-order chi connectivity index (χ1) is 10.7. The SMILES string of the molecule is CC.CC(c1ccccc1)n1nnc2c(CN)ncn2c1=O. The molecular formula is C15H20N6O. The van der Waals surface area contributed by atoms with E-state index in [1.54, 1.807) is 0 Å². The minimum atomic E-state index is -0.279. The molecule has 0 aliphatic heterocycles. The highest BCUT2D eigenvalue weighted by atomic mass is 16.2. The fourth-order valence-corrected chi connectivity index (χ4v) is 2.12. The van der Waals surface area contributed by atoms with Crippen LogP contribution in [0.25, 0.3) is 5.65 Å². The summed E-state index contributed by atoms with van der Waals surface area (Å²) >= 11 is 0. The predicted molar refractivity (Wildman–Crippen MR) is 84.5 cm³/mol. The Hall–Kier alpha value is -2.54. The van der Waals surface area contributed by atoms with Crippen molar-refractivity contribution >= 4 is 5.65 Å². The van der Waals surface area contributed by atoms with E-state index >= 15 is 0 Å². The van der Waals surface area contributed by atoms with Crippen LogP contribution in [-0.2, 0) is 6.54 Å². The van der Waals surface area contributed by atoms with E-state index in [0.29, 0.717) is 11.3 Å². The molecule has 1 atom stereocenters. The van der Waals surface area contributed by atoms with Crippen LogP contribution in [0, 0.1) is 0 Å². The highest BCUT2D eigenvalue weighted by Gasteiger charge is 2.15. The molecule has 0 radical (unpaired) electrons. The number of imidazole rings is 1. The van der Waals surface area contributed by atoms with E-state index < -0.39 is 0 Å². The van der Waals surface area contributed by atoms with Gasteiger partial charge in [0.15, 0.2) is 5.65 Å². The molecule has 7 heteroatoms. The molecule has 3 aromatic rings. The number of nitrogens with zero attached hydrogens (tertiary/aromatic N) is 5. The molecule has 0 fully saturated rings. The van der Waals surface area contributed by atoms with Gasteiger partial charge in [0.2, 0.25) is 0 Å². The molecule has 116 valence electrons. The van der Waals surface area contributed by atoms with Gasteiger partial charge in [-0.15, -0.1) is 5.10 Å². The Labute approximate surface area is 128 Å². The minimum Gasteiger partial charge on any atom is -0.325 e. The molecule has 22 heavy (non-hydrogen) atoms. The van der Waals surface area contributed by atoms with Crippen molar-refractivity contribution < 1.29 is 0 Å². The lowest BCUT2D eigenvalue weighted by Crippen LogP contribution is -2.32. The number of nitrogens with two attached hydrogens (primary N) is 1. The van der Waals surface area contributed by atoms with E-state index in [-0.39, 0.29) is 18.3 Å². The molecule has 1 unspecified atom stereocenters. The molecule has 0 bridgehead atoms. The van der Waals surface area contributed by atoms with Crippen molar-refractivity contribution in [1.29, 1.82) is 0 Å². The second kappa shape index (κ2) is 6.95. The molecule has 0 amide bonds. The average molecular weight is 300 g/mol. The first kappa shape index (κ1) is 15.8. The van der Waals surface area contributed by atoms with Gasteiger partial charge >= 0.3 is 5.69 Å². The number of aromatic nitrogens is 5. The van der Waals surface area contributed by atoms with Crippen molar-refractivity contribution in [1.82, 2.24) is 24.4 Å². The second-order valence-electron chi connectivity index (χ2n) is 4.49. The van der Waals surface area contributed by atoms with Crippen LogP contribution in [0.3, 0.4) is 0 Å². The summed E-state index contributed by atoms with van der Waals surface area (Å²) in [5.74, 6) is 0. The van der Waals surface area contributed by atoms with Crippen LogP contribution in [0.15, 0.2) is 41.5 Å². The molecule has 0 spiro atoms. The van der Waals surface area contributed by atoms with Crippen LogP contribution in [0.2, 0.25) is 0 Å². The molecule has 3 rings (SSSR count). The molecule has 0 aliphatic carbocycles. The maximum absolute atomic E-state index is 12.4. The van der Waals surface area contributed by atoms with Gasteiger partial charge < -0.3 is 5.73 Å². The van der Waals surface area contributed by atoms with Crippen molar-refractivity contribution in [3.8, 4) is 0 Å². The molecule has 7 nitrogen and oxygen atoms in total. The minimum absolute atomic E-state index is 0.204. The summed E-state index contributed by atoms with van der Waals surface area (Å²) < 4.78 is 2.71. The Balaban J connectivity index is 0.000000847. The summed E-state index contributed by atoms with van der Waals surface area (Å²) in [4.78, 5) is 16.5. The zero-order chi connectivity index (χ0) is 16.1. The van der Waals surface area contributed by atoms with Gasteiger partial charge in [-0.3, -0.25) is 0 Å². The first-order valence-corrected chi connectivity index (χ1v) is 7.29. The third kappa shape index (κ3) is 2.75. The highest BCUT2D eigenvalue weighted by molar-refractivity contribution is 5.41. The van der Waals surface area contributed by atoms with Crippen LogP contribution in [0.1, 0.15) is 38.1 Å². The van der Waals surface area contributed by atoms with Gasteiger partial charge in [-0.1, -0.05) is 49.4 Å². The van der Waals surface area contributed by atoms with Crippen molar-refractivity contribution in [2.45, 2.75) is 33.4 Å². The van der Waals surface area contributed by atoms with Crippen LogP contribution >= 0.6 is 0 Å². The number of benzene rings is 1. The van der Waals surface area contributed by atoms with Gasteiger partial charge in [0.05, 0.1) is 6.04 Å². The van der Waals surface area contributed by atoms with Crippen LogP contribution in [-0.4, -0.2) is 24.4 Å². The van der Waals surface area contributed by atoms with E-state index in [1.807, 2.05) is 51.1 Å². The van der Waals surface area contributed by atoms with Crippen LogP contribution in [0.5, 0.6) is 0 Å². The van der Waals surface area contributed by atoms with E-state index in [4.69, 9.17) is 5.73 Å². The molecule has 0 saturated heterocycles. The summed E-state index contributed by atoms with van der Waals surface area (Å²) in [6.45, 7) is 6.13. The maximum Gasteiger partial charge on any atom is 0.353 e. The van der Waals surface area contributed by atoms with Gasteiger partial charge in [-0.05, 0) is 12.5 Å².